The van der Waals surface area contributed by atoms with Crippen LogP contribution in [0, 0.1) is 5.92 Å². The molecule has 2 aliphatic rings. The number of fused-ring (bicyclic) bond motifs is 1. The molecular weight excluding hydrogens is 396 g/mol. The van der Waals surface area contributed by atoms with Crippen LogP contribution < -0.4 is 10.6 Å². The van der Waals surface area contributed by atoms with Gasteiger partial charge in [0.1, 0.15) is 0 Å². The molecule has 1 aliphatic heterocycles. The summed E-state index contributed by atoms with van der Waals surface area (Å²) >= 11 is 1.41. The normalized spacial score (nSPS) is 26.1. The maximum Gasteiger partial charge on any atom is 0.237 e. The number of thioether (sulfide) groups is 1. The van der Waals surface area contributed by atoms with Gasteiger partial charge in [0.2, 0.25) is 11.8 Å². The molecule has 0 aromatic heterocycles. The fourth-order valence-corrected chi connectivity index (χ4v) is 6.07. The average Bonchev–Trinajstić information content (AvgIpc) is 2.64. The number of sulfone groups is 1. The van der Waals surface area contributed by atoms with Crippen LogP contribution in [0.5, 0.6) is 0 Å². The summed E-state index contributed by atoms with van der Waals surface area (Å²) in [6.45, 7) is 5.50. The summed E-state index contributed by atoms with van der Waals surface area (Å²) in [6, 6.07) is 4.91. The Bertz CT molecular complexity index is 869. The van der Waals surface area contributed by atoms with Crippen LogP contribution in [0.3, 0.4) is 0 Å². The third-order valence-electron chi connectivity index (χ3n) is 5.67. The lowest BCUT2D eigenvalue weighted by Crippen LogP contribution is -2.42. The summed E-state index contributed by atoms with van der Waals surface area (Å²) < 4.78 is 25.9. The van der Waals surface area contributed by atoms with E-state index in [1.165, 1.54) is 24.2 Å². The Morgan fingerprint density at radius 1 is 1.29 bits per heavy atom. The molecule has 1 aliphatic carbocycles. The van der Waals surface area contributed by atoms with Crippen molar-refractivity contribution in [1.29, 1.82) is 0 Å². The number of benzene rings is 1. The topological polar surface area (TPSA) is 92.3 Å². The van der Waals surface area contributed by atoms with Gasteiger partial charge in [-0.05, 0) is 50.8 Å². The van der Waals surface area contributed by atoms with Crippen molar-refractivity contribution in [2.24, 2.45) is 5.92 Å². The van der Waals surface area contributed by atoms with Gasteiger partial charge in [-0.15, -0.1) is 11.8 Å². The zero-order chi connectivity index (χ0) is 20.5. The predicted octanol–water partition coefficient (Wildman–Crippen LogP) is 3.37. The fourth-order valence-electron chi connectivity index (χ4n) is 3.76. The number of rotatable bonds is 5. The Hall–Kier alpha value is -1.54. The SMILES string of the molecule is CC1Sc2ccc(S(=O)(=O)C(C)CC(=O)NC3CCCCC3C)cc2NC1=O. The minimum atomic E-state index is -3.67. The van der Waals surface area contributed by atoms with Gasteiger partial charge in [-0.25, -0.2) is 8.42 Å². The van der Waals surface area contributed by atoms with Gasteiger partial charge in [0, 0.05) is 17.4 Å². The summed E-state index contributed by atoms with van der Waals surface area (Å²) in [4.78, 5) is 25.3. The fraction of sp³-hybridized carbons (Fsp3) is 0.600. The highest BCUT2D eigenvalue weighted by Crippen LogP contribution is 2.37. The molecule has 0 radical (unpaired) electrons. The second kappa shape index (κ2) is 8.45. The zero-order valence-electron chi connectivity index (χ0n) is 16.5. The highest BCUT2D eigenvalue weighted by atomic mass is 32.2. The molecule has 1 fully saturated rings. The lowest BCUT2D eigenvalue weighted by molar-refractivity contribution is -0.122. The van der Waals surface area contributed by atoms with Crippen molar-refractivity contribution < 1.29 is 18.0 Å². The van der Waals surface area contributed by atoms with Gasteiger partial charge in [0.25, 0.3) is 0 Å². The first-order valence-corrected chi connectivity index (χ1v) is 12.3. The largest absolute Gasteiger partial charge is 0.353 e. The Morgan fingerprint density at radius 3 is 2.71 bits per heavy atom. The first kappa shape index (κ1) is 21.2. The second-order valence-electron chi connectivity index (χ2n) is 7.90. The van der Waals surface area contributed by atoms with Crippen LogP contribution in [-0.4, -0.2) is 36.8 Å². The van der Waals surface area contributed by atoms with E-state index >= 15 is 0 Å². The highest BCUT2D eigenvalue weighted by molar-refractivity contribution is 8.01. The van der Waals surface area contributed by atoms with E-state index in [-0.39, 0.29) is 34.4 Å². The molecule has 28 heavy (non-hydrogen) atoms. The molecule has 3 rings (SSSR count). The smallest absolute Gasteiger partial charge is 0.237 e. The van der Waals surface area contributed by atoms with Crippen molar-refractivity contribution in [3.63, 3.8) is 0 Å². The standard InChI is InChI=1S/C20H28N2O4S2/c1-12-6-4-5-7-16(12)21-19(23)10-13(2)28(25,26)15-8-9-18-17(11-15)22-20(24)14(3)27-18/h8-9,11-14,16H,4-7,10H2,1-3H3,(H,21,23)(H,22,24). The predicted molar refractivity (Wildman–Crippen MR) is 111 cm³/mol. The summed E-state index contributed by atoms with van der Waals surface area (Å²) in [5.74, 6) is 0.0697. The van der Waals surface area contributed by atoms with Gasteiger partial charge in [0.15, 0.2) is 9.84 Å². The molecule has 8 heteroatoms. The Balaban J connectivity index is 1.69. The van der Waals surface area contributed by atoms with E-state index in [0.29, 0.717) is 11.6 Å². The van der Waals surface area contributed by atoms with Crippen molar-refractivity contribution in [3.05, 3.63) is 18.2 Å². The van der Waals surface area contributed by atoms with Crippen molar-refractivity contribution in [1.82, 2.24) is 5.32 Å². The number of carbonyl (C=O) groups excluding carboxylic acids is 2. The first-order valence-electron chi connectivity index (χ1n) is 9.83. The molecule has 154 valence electrons. The molecule has 0 spiro atoms. The van der Waals surface area contributed by atoms with Gasteiger partial charge in [-0.2, -0.15) is 0 Å². The average molecular weight is 425 g/mol. The number of carbonyl (C=O) groups is 2. The summed E-state index contributed by atoms with van der Waals surface area (Å²) in [5, 5.41) is 4.73. The second-order valence-corrected chi connectivity index (χ2v) is 11.7. The lowest BCUT2D eigenvalue weighted by Gasteiger charge is -2.29. The molecule has 6 nitrogen and oxygen atoms in total. The van der Waals surface area contributed by atoms with E-state index in [1.807, 2.05) is 0 Å². The molecule has 4 unspecified atom stereocenters. The molecule has 2 amide bonds. The van der Waals surface area contributed by atoms with E-state index in [9.17, 15) is 18.0 Å². The van der Waals surface area contributed by atoms with Gasteiger partial charge in [-0.1, -0.05) is 19.8 Å². The number of nitrogens with one attached hydrogen (secondary N) is 2. The molecule has 2 N–H and O–H groups in total. The van der Waals surface area contributed by atoms with Crippen molar-refractivity contribution in [2.75, 3.05) is 5.32 Å². The molecule has 1 heterocycles. The van der Waals surface area contributed by atoms with Crippen LogP contribution in [0.1, 0.15) is 52.9 Å². The summed E-state index contributed by atoms with van der Waals surface area (Å²) in [6.07, 6.45) is 4.26. The van der Waals surface area contributed by atoms with Crippen molar-refractivity contribution in [2.45, 2.75) is 79.2 Å². The molecule has 1 saturated carbocycles. The van der Waals surface area contributed by atoms with E-state index in [0.717, 1.165) is 24.2 Å². The van der Waals surface area contributed by atoms with E-state index in [4.69, 9.17) is 0 Å². The summed E-state index contributed by atoms with van der Waals surface area (Å²) in [5.41, 5.74) is 0.516. The van der Waals surface area contributed by atoms with E-state index in [1.54, 1.807) is 26.0 Å². The van der Waals surface area contributed by atoms with Crippen LogP contribution in [0.2, 0.25) is 0 Å². The Morgan fingerprint density at radius 2 is 2.00 bits per heavy atom. The van der Waals surface area contributed by atoms with Crippen molar-refractivity contribution >= 4 is 39.1 Å². The molecule has 0 bridgehead atoms. The van der Waals surface area contributed by atoms with Crippen molar-refractivity contribution in [3.8, 4) is 0 Å². The molecule has 1 aromatic rings. The summed E-state index contributed by atoms with van der Waals surface area (Å²) in [7, 11) is -3.67. The molecule has 0 saturated heterocycles. The monoisotopic (exact) mass is 424 g/mol. The van der Waals surface area contributed by atoms with E-state index < -0.39 is 15.1 Å². The zero-order valence-corrected chi connectivity index (χ0v) is 18.2. The quantitative estimate of drug-likeness (QED) is 0.756. The van der Waals surface area contributed by atoms with E-state index in [2.05, 4.69) is 17.6 Å². The van der Waals surface area contributed by atoms with Crippen LogP contribution in [0.4, 0.5) is 5.69 Å². The number of hydrogen-bond donors (Lipinski definition) is 2. The van der Waals surface area contributed by atoms with Crippen LogP contribution in [0.25, 0.3) is 0 Å². The van der Waals surface area contributed by atoms with Gasteiger partial charge >= 0.3 is 0 Å². The molecule has 4 atom stereocenters. The minimum absolute atomic E-state index is 0.0687. The van der Waals surface area contributed by atoms with Gasteiger partial charge in [-0.3, -0.25) is 9.59 Å². The molecular formula is C20H28N2O4S2. The van der Waals surface area contributed by atoms with Crippen LogP contribution in [-0.2, 0) is 19.4 Å². The Labute approximate surface area is 171 Å². The van der Waals surface area contributed by atoms with Crippen LogP contribution >= 0.6 is 11.8 Å². The number of amides is 2. The lowest BCUT2D eigenvalue weighted by atomic mass is 9.86. The molecule has 1 aromatic carbocycles. The maximum absolute atomic E-state index is 13.0. The Kier molecular flexibility index (Phi) is 6.39. The van der Waals surface area contributed by atoms with Gasteiger partial charge in [0.05, 0.1) is 21.1 Å². The third-order valence-corrected chi connectivity index (χ3v) is 8.99. The first-order chi connectivity index (χ1) is 13.2. The minimum Gasteiger partial charge on any atom is -0.353 e. The maximum atomic E-state index is 13.0. The van der Waals surface area contributed by atoms with Gasteiger partial charge < -0.3 is 10.6 Å². The highest BCUT2D eigenvalue weighted by Gasteiger charge is 2.30. The van der Waals surface area contributed by atoms with Crippen LogP contribution in [0.15, 0.2) is 28.0 Å². The number of anilines is 1. The number of hydrogen-bond acceptors (Lipinski definition) is 5. The third kappa shape index (κ3) is 4.54.